The molecule has 0 fully saturated rings. The smallest absolute Gasteiger partial charge is 0.191 e. The van der Waals surface area contributed by atoms with Crippen molar-refractivity contribution in [2.45, 2.75) is 39.9 Å². The van der Waals surface area contributed by atoms with Crippen LogP contribution in [-0.2, 0) is 15.9 Å². The molecule has 0 heterocycles. The van der Waals surface area contributed by atoms with Gasteiger partial charge >= 0.3 is 0 Å². The Morgan fingerprint density at radius 2 is 1.85 bits per heavy atom. The summed E-state index contributed by atoms with van der Waals surface area (Å²) in [4.78, 5) is 11.1. The zero-order valence-electron chi connectivity index (χ0n) is 12.6. The zero-order chi connectivity index (χ0) is 14.8. The van der Waals surface area contributed by atoms with Gasteiger partial charge in [-0.3, -0.25) is 4.79 Å². The van der Waals surface area contributed by atoms with Crippen molar-refractivity contribution in [3.05, 3.63) is 29.3 Å². The predicted octanol–water partition coefficient (Wildman–Crippen LogP) is 3.23. The maximum atomic E-state index is 11.1. The summed E-state index contributed by atoms with van der Waals surface area (Å²) in [5.41, 5.74) is 1.72. The first-order chi connectivity index (χ1) is 9.74. The van der Waals surface area contributed by atoms with E-state index in [0.29, 0.717) is 24.5 Å². The molecule has 0 radical (unpaired) electrons. The number of hydrogen-bond acceptors (Lipinski definition) is 4. The molecule has 0 atom stereocenters. The molecule has 0 N–H and O–H groups in total. The Morgan fingerprint density at radius 3 is 2.40 bits per heavy atom. The molecule has 0 aliphatic carbocycles. The molecule has 0 amide bonds. The summed E-state index contributed by atoms with van der Waals surface area (Å²) in [7, 11) is 0. The van der Waals surface area contributed by atoms with Gasteiger partial charge < -0.3 is 14.2 Å². The van der Waals surface area contributed by atoms with Crippen LogP contribution in [0.2, 0.25) is 0 Å². The lowest BCUT2D eigenvalue weighted by Gasteiger charge is -2.18. The summed E-state index contributed by atoms with van der Waals surface area (Å²) in [5.74, 6) is 0.573. The molecule has 0 aromatic heterocycles. The van der Waals surface area contributed by atoms with Crippen molar-refractivity contribution in [3.8, 4) is 5.75 Å². The highest BCUT2D eigenvalue weighted by atomic mass is 16.7. The second kappa shape index (κ2) is 9.50. The summed E-state index contributed by atoms with van der Waals surface area (Å²) in [6.07, 6.45) is 2.43. The first-order valence-corrected chi connectivity index (χ1v) is 7.19. The number of carbonyl (C=O) groups is 1. The summed E-state index contributed by atoms with van der Waals surface area (Å²) in [6.45, 7) is 7.31. The highest BCUT2D eigenvalue weighted by molar-refractivity contribution is 5.79. The Morgan fingerprint density at radius 1 is 1.15 bits per heavy atom. The van der Waals surface area contributed by atoms with E-state index in [4.69, 9.17) is 14.2 Å². The summed E-state index contributed by atoms with van der Waals surface area (Å²) >= 11 is 0. The van der Waals surface area contributed by atoms with Crippen LogP contribution in [0.4, 0.5) is 0 Å². The van der Waals surface area contributed by atoms with Crippen LogP contribution >= 0.6 is 0 Å². The molecule has 112 valence electrons. The molecule has 1 rings (SSSR count). The third kappa shape index (κ3) is 5.31. The molecule has 0 aliphatic heterocycles. The lowest BCUT2D eigenvalue weighted by molar-refractivity contribution is -0.152. The number of ether oxygens (including phenoxy) is 3. The molecule has 20 heavy (non-hydrogen) atoms. The van der Waals surface area contributed by atoms with Gasteiger partial charge in [0.1, 0.15) is 12.4 Å². The highest BCUT2D eigenvalue weighted by Crippen LogP contribution is 2.20. The van der Waals surface area contributed by atoms with Gasteiger partial charge in [-0.05, 0) is 38.0 Å². The fraction of sp³-hybridized carbons (Fsp3) is 0.562. The first kappa shape index (κ1) is 16.7. The van der Waals surface area contributed by atoms with Crippen molar-refractivity contribution in [3.63, 3.8) is 0 Å². The molecule has 0 unspecified atom stereocenters. The van der Waals surface area contributed by atoms with Gasteiger partial charge in [0.2, 0.25) is 0 Å². The van der Waals surface area contributed by atoms with Crippen LogP contribution < -0.4 is 4.74 Å². The number of rotatable bonds is 10. The van der Waals surface area contributed by atoms with E-state index in [9.17, 15) is 4.79 Å². The normalized spacial score (nSPS) is 10.8. The van der Waals surface area contributed by atoms with Crippen LogP contribution in [0.1, 0.15) is 43.1 Å². The van der Waals surface area contributed by atoms with Crippen LogP contribution in [0.3, 0.4) is 0 Å². The molecule has 1 aromatic carbocycles. The molecule has 0 aliphatic rings. The number of aldehydes is 1. The molecule has 0 saturated heterocycles. The van der Waals surface area contributed by atoms with Crippen LogP contribution in [0, 0.1) is 0 Å². The van der Waals surface area contributed by atoms with E-state index < -0.39 is 6.29 Å². The number of carbonyl (C=O) groups excluding carboxylic acids is 1. The summed E-state index contributed by atoms with van der Waals surface area (Å²) in [5, 5.41) is 0. The van der Waals surface area contributed by atoms with E-state index in [2.05, 4.69) is 6.92 Å². The summed E-state index contributed by atoms with van der Waals surface area (Å²) < 4.78 is 16.5. The zero-order valence-corrected chi connectivity index (χ0v) is 12.6. The minimum atomic E-state index is -0.403. The van der Waals surface area contributed by atoms with Crippen molar-refractivity contribution in [2.24, 2.45) is 0 Å². The second-order valence-corrected chi connectivity index (χ2v) is 4.39. The maximum Gasteiger partial charge on any atom is 0.191 e. The Bertz CT molecular complexity index is 397. The van der Waals surface area contributed by atoms with Crippen LogP contribution in [0.25, 0.3) is 0 Å². The van der Waals surface area contributed by atoms with E-state index in [1.807, 2.05) is 32.0 Å². The maximum absolute atomic E-state index is 11.1. The van der Waals surface area contributed by atoms with Crippen molar-refractivity contribution in [1.29, 1.82) is 0 Å². The Labute approximate surface area is 121 Å². The third-order valence-electron chi connectivity index (χ3n) is 2.82. The van der Waals surface area contributed by atoms with E-state index >= 15 is 0 Å². The van der Waals surface area contributed by atoms with Gasteiger partial charge in [-0.1, -0.05) is 19.4 Å². The quantitative estimate of drug-likeness (QED) is 0.487. The molecule has 4 nitrogen and oxygen atoms in total. The highest BCUT2D eigenvalue weighted by Gasteiger charge is 2.11. The number of benzene rings is 1. The van der Waals surface area contributed by atoms with Crippen molar-refractivity contribution < 1.29 is 19.0 Å². The van der Waals surface area contributed by atoms with Crippen molar-refractivity contribution in [1.82, 2.24) is 0 Å². The van der Waals surface area contributed by atoms with Gasteiger partial charge in [0.15, 0.2) is 12.6 Å². The Balaban J connectivity index is 2.68. The SMILES string of the molecule is CCCc1ccc(OCC(OCC)OCC)c(C=O)c1. The van der Waals surface area contributed by atoms with Crippen LogP contribution in [-0.4, -0.2) is 32.4 Å². The molecule has 1 aromatic rings. The van der Waals surface area contributed by atoms with Gasteiger partial charge in [0.25, 0.3) is 0 Å². The minimum Gasteiger partial charge on any atom is -0.488 e. The topological polar surface area (TPSA) is 44.8 Å². The Hall–Kier alpha value is -1.39. The van der Waals surface area contributed by atoms with Crippen molar-refractivity contribution >= 4 is 6.29 Å². The molecule has 0 saturated carbocycles. The van der Waals surface area contributed by atoms with E-state index in [1.54, 1.807) is 0 Å². The van der Waals surface area contributed by atoms with Crippen LogP contribution in [0.15, 0.2) is 18.2 Å². The molecular weight excluding hydrogens is 256 g/mol. The van der Waals surface area contributed by atoms with Gasteiger partial charge in [-0.25, -0.2) is 0 Å². The monoisotopic (exact) mass is 280 g/mol. The van der Waals surface area contributed by atoms with Crippen LogP contribution in [0.5, 0.6) is 5.75 Å². The standard InChI is InChI=1S/C16H24O4/c1-4-7-13-8-9-15(14(10-13)11-17)20-12-16(18-5-2)19-6-3/h8-11,16H,4-7,12H2,1-3H3. The van der Waals surface area contributed by atoms with Gasteiger partial charge in [0.05, 0.1) is 5.56 Å². The second-order valence-electron chi connectivity index (χ2n) is 4.39. The number of aryl methyl sites for hydroxylation is 1. The molecule has 0 spiro atoms. The van der Waals surface area contributed by atoms with Gasteiger partial charge in [-0.15, -0.1) is 0 Å². The van der Waals surface area contributed by atoms with E-state index in [0.717, 1.165) is 24.7 Å². The van der Waals surface area contributed by atoms with Gasteiger partial charge in [-0.2, -0.15) is 0 Å². The lowest BCUT2D eigenvalue weighted by atomic mass is 10.1. The number of hydrogen-bond donors (Lipinski definition) is 0. The fourth-order valence-electron chi connectivity index (χ4n) is 1.94. The molecule has 4 heteroatoms. The first-order valence-electron chi connectivity index (χ1n) is 7.19. The van der Waals surface area contributed by atoms with Gasteiger partial charge in [0, 0.05) is 13.2 Å². The fourth-order valence-corrected chi connectivity index (χ4v) is 1.94. The van der Waals surface area contributed by atoms with E-state index in [1.165, 1.54) is 0 Å². The average molecular weight is 280 g/mol. The molecular formula is C16H24O4. The molecule has 0 bridgehead atoms. The summed E-state index contributed by atoms with van der Waals surface area (Å²) in [6, 6.07) is 5.70. The third-order valence-corrected chi connectivity index (χ3v) is 2.82. The average Bonchev–Trinajstić information content (AvgIpc) is 2.46. The lowest BCUT2D eigenvalue weighted by Crippen LogP contribution is -2.25. The largest absolute Gasteiger partial charge is 0.488 e. The minimum absolute atomic E-state index is 0.273. The predicted molar refractivity (Wildman–Crippen MR) is 78.4 cm³/mol. The Kier molecular flexibility index (Phi) is 7.92. The van der Waals surface area contributed by atoms with Crippen molar-refractivity contribution in [2.75, 3.05) is 19.8 Å². The van der Waals surface area contributed by atoms with E-state index in [-0.39, 0.29) is 6.61 Å².